The van der Waals surface area contributed by atoms with Crippen molar-refractivity contribution in [1.29, 1.82) is 0 Å². The van der Waals surface area contributed by atoms with Gasteiger partial charge in [0.1, 0.15) is 0 Å². The highest BCUT2D eigenvalue weighted by molar-refractivity contribution is 6.22. The lowest BCUT2D eigenvalue weighted by Crippen LogP contribution is -1.98. The van der Waals surface area contributed by atoms with Crippen LogP contribution in [-0.2, 0) is 0 Å². The van der Waals surface area contributed by atoms with E-state index in [1.807, 2.05) is 13.0 Å². The molecule has 0 N–H and O–H groups in total. The van der Waals surface area contributed by atoms with Gasteiger partial charge in [0, 0.05) is 0 Å². The molecule has 0 aromatic heterocycles. The fourth-order valence-electron chi connectivity index (χ4n) is 0.937. The van der Waals surface area contributed by atoms with E-state index in [1.54, 1.807) is 0 Å². The van der Waals surface area contributed by atoms with Crippen molar-refractivity contribution < 1.29 is 0 Å². The van der Waals surface area contributed by atoms with E-state index in [-0.39, 0.29) is 5.38 Å². The van der Waals surface area contributed by atoms with E-state index in [4.69, 9.17) is 11.6 Å². The molecule has 0 aliphatic carbocycles. The average Bonchev–Trinajstić information content (AvgIpc) is 1.99. The standard InChI is InChI=1S/C10H17Cl/c1-5-8(3)7-10(6-2)9(4)11/h5,7-9H,1,6H2,2-4H3. The summed E-state index contributed by atoms with van der Waals surface area (Å²) in [6, 6.07) is 0. The van der Waals surface area contributed by atoms with E-state index >= 15 is 0 Å². The summed E-state index contributed by atoms with van der Waals surface area (Å²) >= 11 is 5.94. The van der Waals surface area contributed by atoms with Crippen LogP contribution in [0.2, 0.25) is 0 Å². The van der Waals surface area contributed by atoms with Gasteiger partial charge in [-0.15, -0.1) is 18.2 Å². The Hall–Kier alpha value is -0.230. The van der Waals surface area contributed by atoms with Crippen molar-refractivity contribution in [2.24, 2.45) is 5.92 Å². The molecule has 0 amide bonds. The van der Waals surface area contributed by atoms with Crippen LogP contribution in [-0.4, -0.2) is 5.38 Å². The zero-order valence-corrected chi connectivity index (χ0v) is 8.36. The maximum Gasteiger partial charge on any atom is 0.0517 e. The zero-order chi connectivity index (χ0) is 8.85. The third kappa shape index (κ3) is 4.26. The molecule has 2 unspecified atom stereocenters. The van der Waals surface area contributed by atoms with Gasteiger partial charge in [0.05, 0.1) is 5.38 Å². The predicted octanol–water partition coefficient (Wildman–Crippen LogP) is 3.77. The Kier molecular flexibility index (Phi) is 5.31. The number of alkyl halides is 1. The van der Waals surface area contributed by atoms with Gasteiger partial charge in [-0.3, -0.25) is 0 Å². The van der Waals surface area contributed by atoms with E-state index in [1.165, 1.54) is 5.57 Å². The first-order valence-corrected chi connectivity index (χ1v) is 4.52. The molecule has 0 fully saturated rings. The van der Waals surface area contributed by atoms with Gasteiger partial charge in [-0.05, 0) is 19.3 Å². The molecule has 0 spiro atoms. The van der Waals surface area contributed by atoms with Crippen LogP contribution in [0.5, 0.6) is 0 Å². The average molecular weight is 173 g/mol. The first-order chi connectivity index (χ1) is 5.11. The molecule has 0 bridgehead atoms. The molecular weight excluding hydrogens is 156 g/mol. The van der Waals surface area contributed by atoms with Crippen LogP contribution in [0.25, 0.3) is 0 Å². The Labute approximate surface area is 74.9 Å². The molecule has 1 heteroatoms. The van der Waals surface area contributed by atoms with E-state index in [0.29, 0.717) is 5.92 Å². The van der Waals surface area contributed by atoms with Gasteiger partial charge in [0.25, 0.3) is 0 Å². The summed E-state index contributed by atoms with van der Waals surface area (Å²) in [5.41, 5.74) is 1.30. The van der Waals surface area contributed by atoms with Crippen LogP contribution < -0.4 is 0 Å². The van der Waals surface area contributed by atoms with E-state index in [9.17, 15) is 0 Å². The van der Waals surface area contributed by atoms with Crippen LogP contribution in [0.15, 0.2) is 24.3 Å². The minimum Gasteiger partial charge on any atom is -0.118 e. The molecule has 0 aromatic carbocycles. The molecular formula is C10H17Cl. The summed E-state index contributed by atoms with van der Waals surface area (Å²) in [7, 11) is 0. The van der Waals surface area contributed by atoms with E-state index < -0.39 is 0 Å². The molecule has 0 aliphatic heterocycles. The second-order valence-corrected chi connectivity index (χ2v) is 3.46. The summed E-state index contributed by atoms with van der Waals surface area (Å²) in [6.45, 7) is 9.96. The maximum absolute atomic E-state index is 5.94. The largest absolute Gasteiger partial charge is 0.118 e. The van der Waals surface area contributed by atoms with Gasteiger partial charge in [-0.1, -0.05) is 31.6 Å². The highest BCUT2D eigenvalue weighted by Gasteiger charge is 2.02. The highest BCUT2D eigenvalue weighted by atomic mass is 35.5. The first-order valence-electron chi connectivity index (χ1n) is 4.09. The normalized spacial score (nSPS) is 17.6. The van der Waals surface area contributed by atoms with Gasteiger partial charge in [0.15, 0.2) is 0 Å². The number of rotatable bonds is 4. The molecule has 64 valence electrons. The summed E-state index contributed by atoms with van der Waals surface area (Å²) < 4.78 is 0. The summed E-state index contributed by atoms with van der Waals surface area (Å²) in [4.78, 5) is 0. The monoisotopic (exact) mass is 172 g/mol. The third-order valence-electron chi connectivity index (χ3n) is 1.77. The lowest BCUT2D eigenvalue weighted by molar-refractivity contribution is 0.880. The van der Waals surface area contributed by atoms with Crippen molar-refractivity contribution in [2.45, 2.75) is 32.6 Å². The third-order valence-corrected chi connectivity index (χ3v) is 2.05. The predicted molar refractivity (Wildman–Crippen MR) is 53.1 cm³/mol. The van der Waals surface area contributed by atoms with Crippen molar-refractivity contribution in [3.63, 3.8) is 0 Å². The Morgan fingerprint density at radius 3 is 2.36 bits per heavy atom. The molecule has 2 atom stereocenters. The molecule has 11 heavy (non-hydrogen) atoms. The minimum absolute atomic E-state index is 0.155. The van der Waals surface area contributed by atoms with Crippen LogP contribution in [0.4, 0.5) is 0 Å². The summed E-state index contributed by atoms with van der Waals surface area (Å²) in [5, 5.41) is 0.155. The minimum atomic E-state index is 0.155. The highest BCUT2D eigenvalue weighted by Crippen LogP contribution is 2.15. The van der Waals surface area contributed by atoms with E-state index in [0.717, 1.165) is 6.42 Å². The fourth-order valence-corrected chi connectivity index (χ4v) is 1.16. The Balaban J connectivity index is 4.21. The second-order valence-electron chi connectivity index (χ2n) is 2.81. The lowest BCUT2D eigenvalue weighted by atomic mass is 10.0. The Morgan fingerprint density at radius 1 is 1.55 bits per heavy atom. The fraction of sp³-hybridized carbons (Fsp3) is 0.600. The van der Waals surface area contributed by atoms with Crippen LogP contribution >= 0.6 is 11.6 Å². The van der Waals surface area contributed by atoms with Gasteiger partial charge in [-0.2, -0.15) is 0 Å². The molecule has 0 aliphatic rings. The number of hydrogen-bond acceptors (Lipinski definition) is 0. The molecule has 0 saturated carbocycles. The van der Waals surface area contributed by atoms with Crippen molar-refractivity contribution in [2.75, 3.05) is 0 Å². The number of hydrogen-bond donors (Lipinski definition) is 0. The Bertz CT molecular complexity index is 145. The van der Waals surface area contributed by atoms with Crippen LogP contribution in [0.1, 0.15) is 27.2 Å². The molecule has 0 aromatic rings. The van der Waals surface area contributed by atoms with Gasteiger partial charge < -0.3 is 0 Å². The summed E-state index contributed by atoms with van der Waals surface area (Å²) in [6.07, 6.45) is 5.14. The van der Waals surface area contributed by atoms with Crippen molar-refractivity contribution >= 4 is 11.6 Å². The molecule has 0 rings (SSSR count). The van der Waals surface area contributed by atoms with Crippen LogP contribution in [0.3, 0.4) is 0 Å². The van der Waals surface area contributed by atoms with E-state index in [2.05, 4.69) is 26.5 Å². The van der Waals surface area contributed by atoms with Crippen molar-refractivity contribution in [3.8, 4) is 0 Å². The number of allylic oxidation sites excluding steroid dienone is 3. The summed E-state index contributed by atoms with van der Waals surface area (Å²) in [5.74, 6) is 0.436. The maximum atomic E-state index is 5.94. The SMILES string of the molecule is C=CC(C)C=C(CC)C(C)Cl. The van der Waals surface area contributed by atoms with Crippen LogP contribution in [0, 0.1) is 5.92 Å². The Morgan fingerprint density at radius 2 is 2.09 bits per heavy atom. The topological polar surface area (TPSA) is 0 Å². The smallest absolute Gasteiger partial charge is 0.0517 e. The van der Waals surface area contributed by atoms with Crippen molar-refractivity contribution in [3.05, 3.63) is 24.3 Å². The quantitative estimate of drug-likeness (QED) is 0.448. The molecule has 0 saturated heterocycles. The zero-order valence-electron chi connectivity index (χ0n) is 7.60. The molecule has 0 heterocycles. The van der Waals surface area contributed by atoms with Gasteiger partial charge >= 0.3 is 0 Å². The van der Waals surface area contributed by atoms with Gasteiger partial charge in [0.2, 0.25) is 0 Å². The first kappa shape index (κ1) is 10.8. The second kappa shape index (κ2) is 5.42. The molecule has 0 nitrogen and oxygen atoms in total. The number of halogens is 1. The molecule has 0 radical (unpaired) electrons. The van der Waals surface area contributed by atoms with Crippen molar-refractivity contribution in [1.82, 2.24) is 0 Å². The lowest BCUT2D eigenvalue weighted by Gasteiger charge is -2.08. The van der Waals surface area contributed by atoms with Gasteiger partial charge in [-0.25, -0.2) is 0 Å².